The Morgan fingerprint density at radius 3 is 2.35 bits per heavy atom. The lowest BCUT2D eigenvalue weighted by atomic mass is 9.97. The quantitative estimate of drug-likeness (QED) is 0.431. The van der Waals surface area contributed by atoms with Crippen LogP contribution in [0.1, 0.15) is 23.0 Å². The van der Waals surface area contributed by atoms with E-state index in [9.17, 15) is 4.79 Å². The van der Waals surface area contributed by atoms with Crippen molar-refractivity contribution >= 4 is 28.2 Å². The average molecular weight is 457 g/mol. The van der Waals surface area contributed by atoms with E-state index in [4.69, 9.17) is 4.98 Å². The molecule has 0 atom stereocenters. The van der Waals surface area contributed by atoms with E-state index in [0.29, 0.717) is 5.56 Å². The van der Waals surface area contributed by atoms with Crippen molar-refractivity contribution in [1.82, 2.24) is 19.9 Å². The van der Waals surface area contributed by atoms with Crippen LogP contribution in [0.25, 0.3) is 33.7 Å². The van der Waals surface area contributed by atoms with Gasteiger partial charge in [0.05, 0.1) is 16.7 Å². The van der Waals surface area contributed by atoms with Crippen molar-refractivity contribution in [3.8, 4) is 22.6 Å². The van der Waals surface area contributed by atoms with Gasteiger partial charge in [-0.1, -0.05) is 12.1 Å². The van der Waals surface area contributed by atoms with E-state index in [1.807, 2.05) is 21.0 Å². The number of rotatable bonds is 5. The highest BCUT2D eigenvalue weighted by Crippen LogP contribution is 2.37. The fourth-order valence-corrected chi connectivity index (χ4v) is 4.83. The van der Waals surface area contributed by atoms with Gasteiger partial charge < -0.3 is 24.7 Å². The van der Waals surface area contributed by atoms with Crippen LogP contribution >= 0.6 is 0 Å². The second kappa shape index (κ2) is 8.65. The number of aromatic nitrogens is 3. The molecule has 34 heavy (non-hydrogen) atoms. The molecule has 7 nitrogen and oxygen atoms in total. The van der Waals surface area contributed by atoms with Crippen LogP contribution in [0.5, 0.6) is 0 Å². The molecule has 5 rings (SSSR count). The number of aromatic amines is 2. The van der Waals surface area contributed by atoms with Crippen molar-refractivity contribution in [3.63, 3.8) is 0 Å². The van der Waals surface area contributed by atoms with Gasteiger partial charge in [0.25, 0.3) is 0 Å². The monoisotopic (exact) mass is 456 g/mol. The summed E-state index contributed by atoms with van der Waals surface area (Å²) in [4.78, 5) is 31.3. The van der Waals surface area contributed by atoms with E-state index < -0.39 is 0 Å². The molecular weight excluding hydrogens is 424 g/mol. The largest absolute Gasteiger partial charge is 0.378 e. The molecule has 1 aliphatic rings. The maximum Gasteiger partial charge on any atom is 0.162 e. The van der Waals surface area contributed by atoms with Gasteiger partial charge in [-0.3, -0.25) is 4.79 Å². The second-order valence-corrected chi connectivity index (χ2v) is 9.45. The summed E-state index contributed by atoms with van der Waals surface area (Å²) in [5, 5.41) is 0. The highest BCUT2D eigenvalue weighted by molar-refractivity contribution is 6.06. The summed E-state index contributed by atoms with van der Waals surface area (Å²) in [6.07, 6.45) is 0. The summed E-state index contributed by atoms with van der Waals surface area (Å²) in [5.41, 5.74) is 8.54. The third-order valence-electron chi connectivity index (χ3n) is 6.78. The molecule has 3 heterocycles. The number of aryl methyl sites for hydroxylation is 1. The highest BCUT2D eigenvalue weighted by Gasteiger charge is 2.23. The number of imidazole rings is 1. The van der Waals surface area contributed by atoms with Crippen molar-refractivity contribution in [2.24, 2.45) is 0 Å². The van der Waals surface area contributed by atoms with E-state index in [1.54, 1.807) is 6.92 Å². The van der Waals surface area contributed by atoms with Crippen molar-refractivity contribution in [2.45, 2.75) is 13.8 Å². The molecule has 2 N–H and O–H groups in total. The minimum absolute atomic E-state index is 0.0418. The Labute approximate surface area is 200 Å². The Bertz CT molecular complexity index is 1340. The zero-order valence-corrected chi connectivity index (χ0v) is 20.6. The highest BCUT2D eigenvalue weighted by atomic mass is 16.1. The number of piperazine rings is 1. The number of hydrogen-bond donors (Lipinski definition) is 2. The molecule has 0 aliphatic carbocycles. The molecule has 2 aromatic carbocycles. The minimum Gasteiger partial charge on any atom is -0.378 e. The standard InChI is InChI=1S/C27H32N6O/c1-17-24(18(2)34)25(19-6-8-20(9-7-19)31(3)4)26(28-17)27-29-22-11-10-21(16-23(22)30-27)33-14-12-32(5)13-15-33/h6-11,16,28H,12-15H2,1-5H3,(H,29,30). The molecule has 1 fully saturated rings. The first kappa shape index (κ1) is 22.2. The number of H-pyrrole nitrogens is 2. The fraction of sp³-hybridized carbons (Fsp3) is 0.333. The number of hydrogen-bond acceptors (Lipinski definition) is 5. The number of benzene rings is 2. The van der Waals surface area contributed by atoms with E-state index in [1.165, 1.54) is 5.69 Å². The Kier molecular flexibility index (Phi) is 5.65. The molecule has 0 saturated carbocycles. The second-order valence-electron chi connectivity index (χ2n) is 9.45. The number of likely N-dealkylation sites (N-methyl/N-ethyl adjacent to an activating group) is 1. The summed E-state index contributed by atoms with van der Waals surface area (Å²) in [5.74, 6) is 0.785. The molecule has 2 aromatic heterocycles. The molecule has 0 radical (unpaired) electrons. The van der Waals surface area contributed by atoms with Crippen LogP contribution < -0.4 is 9.80 Å². The van der Waals surface area contributed by atoms with Crippen molar-refractivity contribution in [1.29, 1.82) is 0 Å². The van der Waals surface area contributed by atoms with Crippen LogP contribution in [0.2, 0.25) is 0 Å². The van der Waals surface area contributed by atoms with Crippen LogP contribution in [0.15, 0.2) is 42.5 Å². The number of carbonyl (C=O) groups is 1. The molecule has 176 valence electrons. The van der Waals surface area contributed by atoms with Crippen LogP contribution in [-0.2, 0) is 0 Å². The van der Waals surface area contributed by atoms with E-state index in [0.717, 1.165) is 71.2 Å². The van der Waals surface area contributed by atoms with Gasteiger partial charge in [-0.15, -0.1) is 0 Å². The van der Waals surface area contributed by atoms with Gasteiger partial charge in [-0.05, 0) is 56.8 Å². The number of anilines is 2. The Balaban J connectivity index is 1.58. The number of ketones is 1. The van der Waals surface area contributed by atoms with E-state index in [-0.39, 0.29) is 5.78 Å². The van der Waals surface area contributed by atoms with Crippen LogP contribution in [0.3, 0.4) is 0 Å². The number of carbonyl (C=O) groups excluding carboxylic acids is 1. The molecule has 0 spiro atoms. The Morgan fingerprint density at radius 2 is 1.71 bits per heavy atom. The summed E-state index contributed by atoms with van der Waals surface area (Å²) >= 11 is 0. The van der Waals surface area contributed by atoms with Gasteiger partial charge in [0.15, 0.2) is 11.6 Å². The third-order valence-corrected chi connectivity index (χ3v) is 6.78. The molecule has 1 aliphatic heterocycles. The molecular formula is C27H32N6O. The Hall–Kier alpha value is -3.58. The van der Waals surface area contributed by atoms with Gasteiger partial charge >= 0.3 is 0 Å². The molecule has 1 saturated heterocycles. The van der Waals surface area contributed by atoms with Gasteiger partial charge in [0, 0.05) is 68.5 Å². The first-order valence-corrected chi connectivity index (χ1v) is 11.8. The molecule has 0 amide bonds. The SMILES string of the molecule is CC(=O)c1c(C)[nH]c(-c2nc3ccc(N4CCN(C)CC4)cc3[nH]2)c1-c1ccc(N(C)C)cc1. The Morgan fingerprint density at radius 1 is 1.00 bits per heavy atom. The maximum absolute atomic E-state index is 12.6. The molecule has 0 bridgehead atoms. The summed E-state index contributed by atoms with van der Waals surface area (Å²) < 4.78 is 0. The van der Waals surface area contributed by atoms with E-state index >= 15 is 0 Å². The first-order valence-electron chi connectivity index (χ1n) is 11.8. The van der Waals surface area contributed by atoms with Crippen molar-refractivity contribution in [2.75, 3.05) is 57.1 Å². The van der Waals surface area contributed by atoms with Crippen molar-refractivity contribution < 1.29 is 4.79 Å². The minimum atomic E-state index is 0.0418. The smallest absolute Gasteiger partial charge is 0.162 e. The van der Waals surface area contributed by atoms with Gasteiger partial charge in [0.2, 0.25) is 0 Å². The molecule has 7 heteroatoms. The lowest BCUT2D eigenvalue weighted by Gasteiger charge is -2.34. The zero-order chi connectivity index (χ0) is 24.0. The van der Waals surface area contributed by atoms with Crippen molar-refractivity contribution in [3.05, 3.63) is 53.7 Å². The molecule has 4 aromatic rings. The first-order chi connectivity index (χ1) is 16.3. The molecule has 0 unspecified atom stereocenters. The topological polar surface area (TPSA) is 71.3 Å². The number of fused-ring (bicyclic) bond motifs is 1. The maximum atomic E-state index is 12.6. The average Bonchev–Trinajstić information content (AvgIpc) is 3.40. The predicted octanol–water partition coefficient (Wildman–Crippen LogP) is 4.55. The lowest BCUT2D eigenvalue weighted by molar-refractivity contribution is 0.101. The van der Waals surface area contributed by atoms with Gasteiger partial charge in [0.1, 0.15) is 0 Å². The zero-order valence-electron chi connectivity index (χ0n) is 20.6. The number of nitrogens with one attached hydrogen (secondary N) is 2. The summed E-state index contributed by atoms with van der Waals surface area (Å²) in [6.45, 7) is 7.75. The van der Waals surface area contributed by atoms with Crippen LogP contribution in [0.4, 0.5) is 11.4 Å². The normalized spacial score (nSPS) is 14.7. The van der Waals surface area contributed by atoms with Crippen LogP contribution in [0, 0.1) is 6.92 Å². The van der Waals surface area contributed by atoms with Gasteiger partial charge in [-0.2, -0.15) is 0 Å². The van der Waals surface area contributed by atoms with Gasteiger partial charge in [-0.25, -0.2) is 4.98 Å². The fourth-order valence-electron chi connectivity index (χ4n) is 4.83. The summed E-state index contributed by atoms with van der Waals surface area (Å²) in [6, 6.07) is 14.7. The van der Waals surface area contributed by atoms with E-state index in [2.05, 4.69) is 74.2 Å². The number of nitrogens with zero attached hydrogens (tertiary/aromatic N) is 4. The van der Waals surface area contributed by atoms with Crippen LogP contribution in [-0.4, -0.2) is 73.0 Å². The third kappa shape index (κ3) is 3.96. The summed E-state index contributed by atoms with van der Waals surface area (Å²) in [7, 11) is 6.21. The lowest BCUT2D eigenvalue weighted by Crippen LogP contribution is -2.44. The predicted molar refractivity (Wildman–Crippen MR) is 140 cm³/mol. The number of Topliss-reactive ketones (excluding diaryl/α,β-unsaturated/α-hetero) is 1.